The standard InChI is InChI=1S/C13H19BrN2.ClH/c1-10-7-11(3-4-13(10)14)8-16-6-5-12(9-16)15-2;/h3-4,7,12,15H,5-6,8-9H2,1-2H3;1H. The summed E-state index contributed by atoms with van der Waals surface area (Å²) in [6, 6.07) is 7.31. The minimum absolute atomic E-state index is 0. The summed E-state index contributed by atoms with van der Waals surface area (Å²) in [7, 11) is 2.05. The van der Waals surface area contributed by atoms with Gasteiger partial charge in [0.1, 0.15) is 0 Å². The topological polar surface area (TPSA) is 15.3 Å². The van der Waals surface area contributed by atoms with Crippen molar-refractivity contribution in [3.8, 4) is 0 Å². The van der Waals surface area contributed by atoms with Crippen molar-refractivity contribution in [2.75, 3.05) is 20.1 Å². The fourth-order valence-corrected chi connectivity index (χ4v) is 2.52. The average molecular weight is 320 g/mol. The molecule has 0 saturated carbocycles. The maximum Gasteiger partial charge on any atom is 0.0234 e. The molecule has 2 rings (SSSR count). The Bertz CT molecular complexity index is 370. The van der Waals surface area contributed by atoms with E-state index in [9.17, 15) is 0 Å². The molecule has 0 aliphatic carbocycles. The Morgan fingerprint density at radius 3 is 2.82 bits per heavy atom. The van der Waals surface area contributed by atoms with Crippen LogP contribution < -0.4 is 5.32 Å². The van der Waals surface area contributed by atoms with Gasteiger partial charge in [-0.2, -0.15) is 0 Å². The zero-order valence-corrected chi connectivity index (χ0v) is 12.8. The first-order valence-corrected chi connectivity index (χ1v) is 6.63. The van der Waals surface area contributed by atoms with Crippen LogP contribution in [-0.4, -0.2) is 31.1 Å². The van der Waals surface area contributed by atoms with Crippen LogP contribution in [0.3, 0.4) is 0 Å². The molecule has 1 fully saturated rings. The predicted molar refractivity (Wildman–Crippen MR) is 78.9 cm³/mol. The van der Waals surface area contributed by atoms with Gasteiger partial charge in [-0.05, 0) is 37.6 Å². The van der Waals surface area contributed by atoms with Crippen molar-refractivity contribution >= 4 is 28.3 Å². The number of benzene rings is 1. The Morgan fingerprint density at radius 1 is 1.47 bits per heavy atom. The number of nitrogens with zero attached hydrogens (tertiary/aromatic N) is 1. The van der Waals surface area contributed by atoms with Crippen molar-refractivity contribution in [1.29, 1.82) is 0 Å². The van der Waals surface area contributed by atoms with Gasteiger partial charge < -0.3 is 5.32 Å². The first-order valence-electron chi connectivity index (χ1n) is 5.83. The van der Waals surface area contributed by atoms with E-state index in [-0.39, 0.29) is 12.4 Å². The maximum absolute atomic E-state index is 3.54. The lowest BCUT2D eigenvalue weighted by molar-refractivity contribution is 0.322. The van der Waals surface area contributed by atoms with Crippen LogP contribution in [0.15, 0.2) is 22.7 Å². The number of halogens is 2. The van der Waals surface area contributed by atoms with Crippen molar-refractivity contribution in [2.45, 2.75) is 25.9 Å². The summed E-state index contributed by atoms with van der Waals surface area (Å²) >= 11 is 3.54. The summed E-state index contributed by atoms with van der Waals surface area (Å²) < 4.78 is 1.20. The highest BCUT2D eigenvalue weighted by molar-refractivity contribution is 9.10. The molecule has 1 atom stereocenters. The van der Waals surface area contributed by atoms with Crippen LogP contribution in [0.4, 0.5) is 0 Å². The van der Waals surface area contributed by atoms with Gasteiger partial charge in [-0.3, -0.25) is 4.90 Å². The number of likely N-dealkylation sites (tertiary alicyclic amines) is 1. The van der Waals surface area contributed by atoms with Crippen LogP contribution in [0.5, 0.6) is 0 Å². The molecular formula is C13H20BrClN2. The predicted octanol–water partition coefficient (Wildman–Crippen LogP) is 2.97. The van der Waals surface area contributed by atoms with E-state index >= 15 is 0 Å². The molecule has 4 heteroatoms. The van der Waals surface area contributed by atoms with Crippen LogP contribution in [-0.2, 0) is 6.54 Å². The van der Waals surface area contributed by atoms with Gasteiger partial charge in [0.05, 0.1) is 0 Å². The lowest BCUT2D eigenvalue weighted by Gasteiger charge is -2.16. The second-order valence-electron chi connectivity index (χ2n) is 4.59. The lowest BCUT2D eigenvalue weighted by Crippen LogP contribution is -2.29. The molecule has 1 heterocycles. The number of hydrogen-bond acceptors (Lipinski definition) is 2. The zero-order valence-electron chi connectivity index (χ0n) is 10.4. The van der Waals surface area contributed by atoms with E-state index in [4.69, 9.17) is 0 Å². The zero-order chi connectivity index (χ0) is 11.5. The van der Waals surface area contributed by atoms with Crippen molar-refractivity contribution in [3.05, 3.63) is 33.8 Å². The van der Waals surface area contributed by atoms with Gasteiger partial charge in [-0.15, -0.1) is 12.4 Å². The molecule has 0 amide bonds. The summed E-state index contributed by atoms with van der Waals surface area (Å²) in [6.45, 7) is 5.60. The Balaban J connectivity index is 0.00000144. The summed E-state index contributed by atoms with van der Waals surface area (Å²) in [5.74, 6) is 0. The van der Waals surface area contributed by atoms with E-state index in [0.29, 0.717) is 6.04 Å². The van der Waals surface area contributed by atoms with Crippen LogP contribution in [0, 0.1) is 6.92 Å². The number of rotatable bonds is 3. The van der Waals surface area contributed by atoms with Gasteiger partial charge in [0.25, 0.3) is 0 Å². The second kappa shape index (κ2) is 6.74. The first-order chi connectivity index (χ1) is 7.69. The lowest BCUT2D eigenvalue weighted by atomic mass is 10.1. The molecule has 1 aromatic rings. The molecule has 0 aromatic heterocycles. The average Bonchev–Trinajstić information content (AvgIpc) is 2.71. The van der Waals surface area contributed by atoms with E-state index in [1.54, 1.807) is 0 Å². The van der Waals surface area contributed by atoms with Gasteiger partial charge in [0.15, 0.2) is 0 Å². The highest BCUT2D eigenvalue weighted by atomic mass is 79.9. The first kappa shape index (κ1) is 15.0. The molecule has 17 heavy (non-hydrogen) atoms. The van der Waals surface area contributed by atoms with Crippen LogP contribution in [0.25, 0.3) is 0 Å². The maximum atomic E-state index is 3.54. The molecule has 1 N–H and O–H groups in total. The Labute approximate surface area is 118 Å². The molecule has 1 aromatic carbocycles. The third-order valence-electron chi connectivity index (χ3n) is 3.31. The number of nitrogens with one attached hydrogen (secondary N) is 1. The fourth-order valence-electron chi connectivity index (χ4n) is 2.28. The smallest absolute Gasteiger partial charge is 0.0234 e. The van der Waals surface area contributed by atoms with Gasteiger partial charge in [0, 0.05) is 30.1 Å². The number of aryl methyl sites for hydroxylation is 1. The summed E-state index contributed by atoms with van der Waals surface area (Å²) in [6.07, 6.45) is 1.27. The molecule has 0 bridgehead atoms. The van der Waals surface area contributed by atoms with Gasteiger partial charge in [-0.1, -0.05) is 28.1 Å². The molecule has 96 valence electrons. The van der Waals surface area contributed by atoms with Crippen LogP contribution in [0.1, 0.15) is 17.5 Å². The van der Waals surface area contributed by atoms with Crippen molar-refractivity contribution in [3.63, 3.8) is 0 Å². The Hall–Kier alpha value is -0.0900. The third-order valence-corrected chi connectivity index (χ3v) is 4.20. The third kappa shape index (κ3) is 3.95. The Kier molecular flexibility index (Phi) is 5.93. The summed E-state index contributed by atoms with van der Waals surface area (Å²) in [5, 5.41) is 3.35. The van der Waals surface area contributed by atoms with Gasteiger partial charge in [-0.25, -0.2) is 0 Å². The van der Waals surface area contributed by atoms with Gasteiger partial charge >= 0.3 is 0 Å². The number of likely N-dealkylation sites (N-methyl/N-ethyl adjacent to an activating group) is 1. The van der Waals surface area contributed by atoms with E-state index in [1.807, 2.05) is 0 Å². The Morgan fingerprint density at radius 2 is 2.24 bits per heavy atom. The highest BCUT2D eigenvalue weighted by Crippen LogP contribution is 2.19. The monoisotopic (exact) mass is 318 g/mol. The minimum Gasteiger partial charge on any atom is -0.316 e. The van der Waals surface area contributed by atoms with Crippen LogP contribution >= 0.6 is 28.3 Å². The normalized spacial score (nSPS) is 20.3. The fraction of sp³-hybridized carbons (Fsp3) is 0.538. The van der Waals surface area contributed by atoms with Crippen molar-refractivity contribution < 1.29 is 0 Å². The van der Waals surface area contributed by atoms with E-state index < -0.39 is 0 Å². The molecule has 0 radical (unpaired) electrons. The quantitative estimate of drug-likeness (QED) is 0.921. The van der Waals surface area contributed by atoms with E-state index in [2.05, 4.69) is 58.3 Å². The molecule has 2 nitrogen and oxygen atoms in total. The SMILES string of the molecule is CNC1CCN(Cc2ccc(Br)c(C)c2)C1.Cl. The molecule has 1 aliphatic rings. The second-order valence-corrected chi connectivity index (χ2v) is 5.45. The molecule has 1 aliphatic heterocycles. The molecule has 1 unspecified atom stereocenters. The number of hydrogen-bond donors (Lipinski definition) is 1. The summed E-state index contributed by atoms with van der Waals surface area (Å²) in [5.41, 5.74) is 2.74. The molecule has 0 spiro atoms. The largest absolute Gasteiger partial charge is 0.316 e. The van der Waals surface area contributed by atoms with Crippen molar-refractivity contribution in [1.82, 2.24) is 10.2 Å². The molecule has 1 saturated heterocycles. The van der Waals surface area contributed by atoms with Crippen molar-refractivity contribution in [2.24, 2.45) is 0 Å². The van der Waals surface area contributed by atoms with Gasteiger partial charge in [0.2, 0.25) is 0 Å². The minimum atomic E-state index is 0. The van der Waals surface area contributed by atoms with E-state index in [0.717, 1.165) is 6.54 Å². The highest BCUT2D eigenvalue weighted by Gasteiger charge is 2.20. The van der Waals surface area contributed by atoms with E-state index in [1.165, 1.54) is 35.1 Å². The van der Waals surface area contributed by atoms with Crippen LogP contribution in [0.2, 0.25) is 0 Å². The molecular weight excluding hydrogens is 300 g/mol. The summed E-state index contributed by atoms with van der Waals surface area (Å²) in [4.78, 5) is 2.52.